The zero-order valence-corrected chi connectivity index (χ0v) is 8.70. The van der Waals surface area contributed by atoms with Crippen molar-refractivity contribution in [3.8, 4) is 5.75 Å². The molecule has 86 valence electrons. The van der Waals surface area contributed by atoms with Crippen molar-refractivity contribution < 1.29 is 14.5 Å². The first-order chi connectivity index (χ1) is 8.15. The van der Waals surface area contributed by atoms with E-state index in [1.165, 1.54) is 0 Å². The van der Waals surface area contributed by atoms with Crippen molar-refractivity contribution in [1.29, 1.82) is 0 Å². The van der Waals surface area contributed by atoms with Crippen molar-refractivity contribution in [3.05, 3.63) is 46.6 Å². The zero-order chi connectivity index (χ0) is 12.3. The summed E-state index contributed by atoms with van der Waals surface area (Å²) in [5.74, 6) is -0.645. The second-order valence-electron chi connectivity index (χ2n) is 3.32. The minimum absolute atomic E-state index is 0.253. The number of benzene rings is 1. The first kappa shape index (κ1) is 11.0. The van der Waals surface area contributed by atoms with Crippen LogP contribution in [0.1, 0.15) is 0 Å². The van der Waals surface area contributed by atoms with Crippen molar-refractivity contribution in [2.45, 2.75) is 0 Å². The molecule has 0 aliphatic carbocycles. The number of pyridine rings is 1. The van der Waals surface area contributed by atoms with Gasteiger partial charge in [0.05, 0.1) is 5.52 Å². The molecule has 1 aromatic heterocycles. The number of aromatic nitrogens is 1. The van der Waals surface area contributed by atoms with E-state index in [-0.39, 0.29) is 5.75 Å². The van der Waals surface area contributed by atoms with Crippen LogP contribution < -0.4 is 4.74 Å². The summed E-state index contributed by atoms with van der Waals surface area (Å²) in [5.41, 5.74) is 0.666. The summed E-state index contributed by atoms with van der Waals surface area (Å²) in [4.78, 5) is 24.5. The third kappa shape index (κ3) is 2.75. The highest BCUT2D eigenvalue weighted by Gasteiger charge is 2.12. The molecular formula is C11H8N2O4. The number of fused-ring (bicyclic) bond motifs is 1. The smallest absolute Gasteiger partial charge is 0.383 e. The lowest BCUT2D eigenvalue weighted by atomic mass is 10.2. The maximum atomic E-state index is 11.1. The Hall–Kier alpha value is -2.50. The van der Waals surface area contributed by atoms with Gasteiger partial charge in [-0.2, -0.15) is 0 Å². The Morgan fingerprint density at radius 2 is 2.24 bits per heavy atom. The van der Waals surface area contributed by atoms with E-state index < -0.39 is 17.4 Å². The van der Waals surface area contributed by atoms with Gasteiger partial charge in [0.2, 0.25) is 0 Å². The van der Waals surface area contributed by atoms with Crippen molar-refractivity contribution in [2.75, 3.05) is 6.54 Å². The lowest BCUT2D eigenvalue weighted by Crippen LogP contribution is -2.19. The van der Waals surface area contributed by atoms with Gasteiger partial charge in [0.1, 0.15) is 5.75 Å². The van der Waals surface area contributed by atoms with Gasteiger partial charge < -0.3 is 4.74 Å². The molecule has 2 aromatic rings. The van der Waals surface area contributed by atoms with Crippen LogP contribution >= 0.6 is 0 Å². The first-order valence-electron chi connectivity index (χ1n) is 4.82. The standard InChI is InChI=1S/C11H8N2O4/c14-11(7-13(15)16)17-9-4-3-8-2-1-5-12-10(8)6-9/h1-6H,7H2. The van der Waals surface area contributed by atoms with Crippen LogP contribution in [0.5, 0.6) is 5.75 Å². The summed E-state index contributed by atoms with van der Waals surface area (Å²) in [7, 11) is 0. The Kier molecular flexibility index (Phi) is 2.95. The molecule has 0 unspecified atom stereocenters. The molecule has 0 aliphatic rings. The number of rotatable bonds is 3. The Morgan fingerprint density at radius 3 is 3.00 bits per heavy atom. The highest BCUT2D eigenvalue weighted by molar-refractivity contribution is 5.81. The summed E-state index contributed by atoms with van der Waals surface area (Å²) in [5, 5.41) is 11.0. The molecule has 0 saturated heterocycles. The summed E-state index contributed by atoms with van der Waals surface area (Å²) in [6, 6.07) is 8.53. The maximum Gasteiger partial charge on any atom is 0.383 e. The number of carbonyl (C=O) groups is 1. The predicted octanol–water partition coefficient (Wildman–Crippen LogP) is 1.42. The van der Waals surface area contributed by atoms with Crippen LogP contribution in [0.3, 0.4) is 0 Å². The fourth-order valence-corrected chi connectivity index (χ4v) is 1.38. The van der Waals surface area contributed by atoms with E-state index in [0.29, 0.717) is 5.52 Å². The molecule has 0 saturated carbocycles. The molecule has 17 heavy (non-hydrogen) atoms. The highest BCUT2D eigenvalue weighted by atomic mass is 16.6. The van der Waals surface area contributed by atoms with E-state index in [9.17, 15) is 14.9 Å². The van der Waals surface area contributed by atoms with E-state index in [1.807, 2.05) is 6.07 Å². The molecule has 0 spiro atoms. The molecule has 0 atom stereocenters. The molecule has 2 rings (SSSR count). The summed E-state index contributed by atoms with van der Waals surface area (Å²) in [6.45, 7) is -0.847. The summed E-state index contributed by atoms with van der Waals surface area (Å²) < 4.78 is 4.81. The van der Waals surface area contributed by atoms with Gasteiger partial charge in [0.25, 0.3) is 6.54 Å². The molecule has 0 bridgehead atoms. The second kappa shape index (κ2) is 4.56. The number of nitro groups is 1. The van der Waals surface area contributed by atoms with Crippen LogP contribution in [0, 0.1) is 10.1 Å². The van der Waals surface area contributed by atoms with E-state index >= 15 is 0 Å². The molecular weight excluding hydrogens is 224 g/mol. The molecule has 1 heterocycles. The van der Waals surface area contributed by atoms with Crippen LogP contribution in [0.25, 0.3) is 10.9 Å². The number of nitrogens with zero attached hydrogens (tertiary/aromatic N) is 2. The van der Waals surface area contributed by atoms with Crippen molar-refractivity contribution >= 4 is 16.9 Å². The normalized spacial score (nSPS) is 10.1. The molecule has 6 heteroatoms. The zero-order valence-electron chi connectivity index (χ0n) is 8.70. The lowest BCUT2D eigenvalue weighted by Gasteiger charge is -2.02. The SMILES string of the molecule is O=C(C[N+](=O)[O-])Oc1ccc2cccnc2c1. The summed E-state index contributed by atoms with van der Waals surface area (Å²) in [6.07, 6.45) is 1.62. The molecule has 0 fully saturated rings. The average molecular weight is 232 g/mol. The largest absolute Gasteiger partial charge is 0.422 e. The van der Waals surface area contributed by atoms with E-state index in [0.717, 1.165) is 5.39 Å². The van der Waals surface area contributed by atoms with Crippen molar-refractivity contribution in [2.24, 2.45) is 0 Å². The van der Waals surface area contributed by atoms with Gasteiger partial charge in [-0.05, 0) is 18.2 Å². The van der Waals surface area contributed by atoms with Crippen LogP contribution in [0.2, 0.25) is 0 Å². The maximum absolute atomic E-state index is 11.1. The van der Waals surface area contributed by atoms with Crippen molar-refractivity contribution in [3.63, 3.8) is 0 Å². The van der Waals surface area contributed by atoms with Crippen molar-refractivity contribution in [1.82, 2.24) is 4.98 Å². The Labute approximate surface area is 96.0 Å². The number of hydrogen-bond acceptors (Lipinski definition) is 5. The number of esters is 1. The van der Waals surface area contributed by atoms with Crippen LogP contribution in [-0.4, -0.2) is 22.4 Å². The molecule has 0 amide bonds. The quantitative estimate of drug-likeness (QED) is 0.346. The molecule has 0 N–H and O–H groups in total. The van der Waals surface area contributed by atoms with E-state index in [4.69, 9.17) is 4.74 Å². The van der Waals surface area contributed by atoms with Gasteiger partial charge in [-0.3, -0.25) is 15.1 Å². The molecule has 0 aliphatic heterocycles. The van der Waals surface area contributed by atoms with Crippen LogP contribution in [-0.2, 0) is 4.79 Å². The van der Waals surface area contributed by atoms with Gasteiger partial charge in [-0.1, -0.05) is 6.07 Å². The minimum Gasteiger partial charge on any atom is -0.422 e. The Balaban J connectivity index is 2.19. The van der Waals surface area contributed by atoms with Crippen LogP contribution in [0.4, 0.5) is 0 Å². The van der Waals surface area contributed by atoms with Gasteiger partial charge in [0, 0.05) is 22.6 Å². The Bertz CT molecular complexity index is 582. The average Bonchev–Trinajstić information content (AvgIpc) is 2.27. The third-order valence-corrected chi connectivity index (χ3v) is 2.07. The molecule has 1 aromatic carbocycles. The fraction of sp³-hybridized carbons (Fsp3) is 0.0909. The predicted molar refractivity (Wildman–Crippen MR) is 59.2 cm³/mol. The van der Waals surface area contributed by atoms with Crippen LogP contribution in [0.15, 0.2) is 36.5 Å². The highest BCUT2D eigenvalue weighted by Crippen LogP contribution is 2.18. The first-order valence-corrected chi connectivity index (χ1v) is 4.82. The lowest BCUT2D eigenvalue weighted by molar-refractivity contribution is -0.469. The second-order valence-corrected chi connectivity index (χ2v) is 3.32. The topological polar surface area (TPSA) is 82.3 Å². The van der Waals surface area contributed by atoms with E-state index in [2.05, 4.69) is 4.98 Å². The molecule has 6 nitrogen and oxygen atoms in total. The van der Waals surface area contributed by atoms with Gasteiger partial charge in [0.15, 0.2) is 0 Å². The minimum atomic E-state index is -0.898. The number of hydrogen-bond donors (Lipinski definition) is 0. The Morgan fingerprint density at radius 1 is 1.41 bits per heavy atom. The van der Waals surface area contributed by atoms with E-state index in [1.54, 1.807) is 30.5 Å². The number of carbonyl (C=O) groups excluding carboxylic acids is 1. The van der Waals surface area contributed by atoms with Gasteiger partial charge >= 0.3 is 5.97 Å². The third-order valence-electron chi connectivity index (χ3n) is 2.07. The molecule has 0 radical (unpaired) electrons. The fourth-order valence-electron chi connectivity index (χ4n) is 1.38. The van der Waals surface area contributed by atoms with Gasteiger partial charge in [-0.15, -0.1) is 0 Å². The van der Waals surface area contributed by atoms with Gasteiger partial charge in [-0.25, -0.2) is 4.79 Å². The number of ether oxygens (including phenoxy) is 1. The monoisotopic (exact) mass is 232 g/mol. The summed E-state index contributed by atoms with van der Waals surface area (Å²) >= 11 is 0.